The van der Waals surface area contributed by atoms with Crippen LogP contribution >= 0.6 is 0 Å². The summed E-state index contributed by atoms with van der Waals surface area (Å²) in [5.74, 6) is 0.956. The molecule has 0 spiro atoms. The number of anilines is 1. The Morgan fingerprint density at radius 3 is 2.67 bits per heavy atom. The monoisotopic (exact) mass is 401 g/mol. The summed E-state index contributed by atoms with van der Waals surface area (Å²) in [7, 11) is 0. The van der Waals surface area contributed by atoms with Crippen molar-refractivity contribution in [3.05, 3.63) is 77.4 Å². The van der Waals surface area contributed by atoms with Crippen molar-refractivity contribution in [2.45, 2.75) is 70.8 Å². The number of aromatic hydroxyl groups is 1. The van der Waals surface area contributed by atoms with Crippen LogP contribution in [0.3, 0.4) is 0 Å². The van der Waals surface area contributed by atoms with Gasteiger partial charge in [-0.25, -0.2) is 0 Å². The third-order valence-electron chi connectivity index (χ3n) is 6.88. The average Bonchev–Trinajstić information content (AvgIpc) is 3.27. The van der Waals surface area contributed by atoms with Crippen LogP contribution in [0.4, 0.5) is 5.69 Å². The van der Waals surface area contributed by atoms with Gasteiger partial charge in [0.15, 0.2) is 0 Å². The van der Waals surface area contributed by atoms with E-state index in [1.165, 1.54) is 47.2 Å². The number of phenolic OH excluding ortho intramolecular Hbond substituents is 1. The first-order valence-electron chi connectivity index (χ1n) is 11.7. The summed E-state index contributed by atoms with van der Waals surface area (Å²) in [6, 6.07) is 18.6. The van der Waals surface area contributed by atoms with Crippen LogP contribution in [0, 0.1) is 5.92 Å². The van der Waals surface area contributed by atoms with Gasteiger partial charge in [-0.05, 0) is 84.6 Å². The summed E-state index contributed by atoms with van der Waals surface area (Å²) in [5, 5.41) is 14.3. The molecule has 0 aromatic heterocycles. The Balaban J connectivity index is 1.89. The Kier molecular flexibility index (Phi) is 6.32. The van der Waals surface area contributed by atoms with E-state index < -0.39 is 0 Å². The number of hydrogen-bond donors (Lipinski definition) is 2. The van der Waals surface area contributed by atoms with E-state index in [4.69, 9.17) is 0 Å². The van der Waals surface area contributed by atoms with Gasteiger partial charge in [0.05, 0.1) is 5.54 Å². The molecular formula is C28H35NO. The molecule has 2 aromatic rings. The van der Waals surface area contributed by atoms with E-state index in [-0.39, 0.29) is 5.54 Å². The van der Waals surface area contributed by atoms with Crippen molar-refractivity contribution >= 4 is 11.3 Å². The van der Waals surface area contributed by atoms with Gasteiger partial charge >= 0.3 is 0 Å². The smallest absolute Gasteiger partial charge is 0.116 e. The van der Waals surface area contributed by atoms with E-state index in [0.29, 0.717) is 11.7 Å². The fraction of sp³-hybridized carbons (Fsp3) is 0.429. The van der Waals surface area contributed by atoms with Crippen LogP contribution in [-0.2, 0) is 0 Å². The molecule has 1 fully saturated rings. The lowest BCUT2D eigenvalue weighted by atomic mass is 9.80. The quantitative estimate of drug-likeness (QED) is 0.474. The van der Waals surface area contributed by atoms with E-state index in [1.54, 1.807) is 6.07 Å². The molecule has 2 heteroatoms. The molecule has 2 N–H and O–H groups in total. The second-order valence-electron chi connectivity index (χ2n) is 8.93. The number of phenols is 1. The standard InChI is InChI=1S/C28H35NO/c1-3-5-12-21(11-4-2)26-20-23-14-10-18-28(23,29-24-15-7-6-8-16-24)27(26)22-13-9-17-25(30)19-22/h6-9,12-13,15-17,19,23,29-30H,3-5,10-11,14,18,20H2,1-2H3/b21-12+. The predicted molar refractivity (Wildman–Crippen MR) is 128 cm³/mol. The number of fused-ring (bicyclic) bond motifs is 1. The van der Waals surface area contributed by atoms with E-state index in [0.717, 1.165) is 32.1 Å². The molecule has 1 saturated carbocycles. The lowest BCUT2D eigenvalue weighted by molar-refractivity contribution is 0.456. The Bertz CT molecular complexity index is 927. The highest BCUT2D eigenvalue weighted by Crippen LogP contribution is 2.57. The summed E-state index contributed by atoms with van der Waals surface area (Å²) in [6.07, 6.45) is 11.9. The minimum Gasteiger partial charge on any atom is -0.508 e. The van der Waals surface area contributed by atoms with Crippen molar-refractivity contribution in [1.29, 1.82) is 0 Å². The van der Waals surface area contributed by atoms with Crippen LogP contribution < -0.4 is 5.32 Å². The maximum Gasteiger partial charge on any atom is 0.116 e. The third-order valence-corrected chi connectivity index (χ3v) is 6.88. The summed E-state index contributed by atoms with van der Waals surface area (Å²) < 4.78 is 0. The Morgan fingerprint density at radius 2 is 1.93 bits per heavy atom. The molecule has 0 heterocycles. The van der Waals surface area contributed by atoms with Gasteiger partial charge in [0.25, 0.3) is 0 Å². The highest BCUT2D eigenvalue weighted by Gasteiger charge is 2.52. The van der Waals surface area contributed by atoms with E-state index >= 15 is 0 Å². The molecule has 2 aliphatic carbocycles. The van der Waals surface area contributed by atoms with E-state index in [2.05, 4.69) is 61.6 Å². The maximum atomic E-state index is 10.3. The summed E-state index contributed by atoms with van der Waals surface area (Å²) in [4.78, 5) is 0. The average molecular weight is 402 g/mol. The van der Waals surface area contributed by atoms with Crippen LogP contribution in [-0.4, -0.2) is 10.6 Å². The number of nitrogens with one attached hydrogen (secondary N) is 1. The molecule has 0 saturated heterocycles. The molecule has 0 aliphatic heterocycles. The van der Waals surface area contributed by atoms with Gasteiger partial charge in [-0.2, -0.15) is 0 Å². The zero-order chi connectivity index (χ0) is 21.0. The molecule has 0 amide bonds. The molecule has 30 heavy (non-hydrogen) atoms. The SMILES string of the molecule is CCC/C=C(\CCC)C1=C(c2cccc(O)c2)C2(Nc3ccccc3)CCCC2C1. The van der Waals surface area contributed by atoms with Gasteiger partial charge in [-0.1, -0.05) is 69.5 Å². The molecule has 0 bridgehead atoms. The van der Waals surface area contributed by atoms with Gasteiger partial charge in [0.1, 0.15) is 5.75 Å². The largest absolute Gasteiger partial charge is 0.508 e. The van der Waals surface area contributed by atoms with E-state index in [1.807, 2.05) is 12.1 Å². The van der Waals surface area contributed by atoms with Gasteiger partial charge in [-0.3, -0.25) is 0 Å². The molecule has 2 nitrogen and oxygen atoms in total. The molecule has 2 aromatic carbocycles. The fourth-order valence-corrected chi connectivity index (χ4v) is 5.66. The van der Waals surface area contributed by atoms with Gasteiger partial charge in [-0.15, -0.1) is 0 Å². The zero-order valence-corrected chi connectivity index (χ0v) is 18.5. The highest BCUT2D eigenvalue weighted by molar-refractivity contribution is 5.85. The first-order chi connectivity index (χ1) is 14.7. The van der Waals surface area contributed by atoms with Crippen LogP contribution in [0.5, 0.6) is 5.75 Å². The Hall–Kier alpha value is -2.48. The number of benzene rings is 2. The lowest BCUT2D eigenvalue weighted by Crippen LogP contribution is -2.40. The van der Waals surface area contributed by atoms with Crippen LogP contribution in [0.25, 0.3) is 5.57 Å². The second kappa shape index (κ2) is 9.12. The number of para-hydroxylation sites is 1. The molecule has 2 aliphatic rings. The van der Waals surface area contributed by atoms with Crippen molar-refractivity contribution in [3.63, 3.8) is 0 Å². The Morgan fingerprint density at radius 1 is 1.10 bits per heavy atom. The van der Waals surface area contributed by atoms with Crippen LogP contribution in [0.15, 0.2) is 71.8 Å². The normalized spacial score (nSPS) is 23.7. The van der Waals surface area contributed by atoms with Crippen LogP contribution in [0.2, 0.25) is 0 Å². The molecule has 2 atom stereocenters. The summed E-state index contributed by atoms with van der Waals surface area (Å²) in [5.41, 5.74) is 6.81. The molecule has 0 radical (unpaired) electrons. The van der Waals surface area contributed by atoms with Crippen molar-refractivity contribution in [3.8, 4) is 5.75 Å². The molecular weight excluding hydrogens is 366 g/mol. The lowest BCUT2D eigenvalue weighted by Gasteiger charge is -2.36. The van der Waals surface area contributed by atoms with E-state index in [9.17, 15) is 5.11 Å². The Labute approximate surface area is 181 Å². The van der Waals surface area contributed by atoms with Crippen molar-refractivity contribution in [1.82, 2.24) is 0 Å². The zero-order valence-electron chi connectivity index (χ0n) is 18.5. The fourth-order valence-electron chi connectivity index (χ4n) is 5.66. The number of rotatable bonds is 8. The molecule has 2 unspecified atom stereocenters. The first-order valence-corrected chi connectivity index (χ1v) is 11.7. The predicted octanol–water partition coefficient (Wildman–Crippen LogP) is 7.73. The minimum atomic E-state index is -0.0521. The maximum absolute atomic E-state index is 10.3. The second-order valence-corrected chi connectivity index (χ2v) is 8.93. The van der Waals surface area contributed by atoms with Crippen molar-refractivity contribution in [2.75, 3.05) is 5.32 Å². The third kappa shape index (κ3) is 3.93. The van der Waals surface area contributed by atoms with Gasteiger partial charge < -0.3 is 10.4 Å². The molecule has 158 valence electrons. The minimum absolute atomic E-state index is 0.0521. The molecule has 4 rings (SSSR count). The van der Waals surface area contributed by atoms with Crippen LogP contribution in [0.1, 0.15) is 70.8 Å². The van der Waals surface area contributed by atoms with Crippen molar-refractivity contribution < 1.29 is 5.11 Å². The number of allylic oxidation sites excluding steroid dienone is 3. The van der Waals surface area contributed by atoms with Crippen molar-refractivity contribution in [2.24, 2.45) is 5.92 Å². The van der Waals surface area contributed by atoms with Gasteiger partial charge in [0, 0.05) is 5.69 Å². The summed E-state index contributed by atoms with van der Waals surface area (Å²) >= 11 is 0. The number of hydrogen-bond acceptors (Lipinski definition) is 2. The number of unbranched alkanes of at least 4 members (excludes halogenated alkanes) is 1. The summed E-state index contributed by atoms with van der Waals surface area (Å²) in [6.45, 7) is 4.54. The topological polar surface area (TPSA) is 32.3 Å². The first kappa shape index (κ1) is 20.8. The highest BCUT2D eigenvalue weighted by atomic mass is 16.3. The van der Waals surface area contributed by atoms with Gasteiger partial charge in [0.2, 0.25) is 0 Å².